The van der Waals surface area contributed by atoms with Gasteiger partial charge in [0.2, 0.25) is 5.95 Å². The number of aromatic nitrogens is 3. The van der Waals surface area contributed by atoms with Crippen LogP contribution in [0.1, 0.15) is 48.8 Å². The van der Waals surface area contributed by atoms with Crippen molar-refractivity contribution in [3.8, 4) is 6.07 Å². The Hall–Kier alpha value is -3.22. The highest BCUT2D eigenvalue weighted by Gasteiger charge is 2.35. The number of hydrogen-bond donors (Lipinski definition) is 2. The van der Waals surface area contributed by atoms with Gasteiger partial charge in [-0.3, -0.25) is 0 Å². The molecule has 1 unspecified atom stereocenters. The third kappa shape index (κ3) is 4.01. The molecule has 2 aliphatic carbocycles. The molecular formula is C26H32N8O. The first kappa shape index (κ1) is 22.3. The van der Waals surface area contributed by atoms with Crippen molar-refractivity contribution in [2.75, 3.05) is 48.3 Å². The van der Waals surface area contributed by atoms with E-state index < -0.39 is 6.23 Å². The number of hydrogen-bond acceptors (Lipinski definition) is 9. The lowest BCUT2D eigenvalue weighted by atomic mass is 10.0. The van der Waals surface area contributed by atoms with Gasteiger partial charge in [0.1, 0.15) is 11.6 Å². The van der Waals surface area contributed by atoms with Gasteiger partial charge in [-0.15, -0.1) is 0 Å². The van der Waals surface area contributed by atoms with Gasteiger partial charge in [-0.25, -0.2) is 9.97 Å². The van der Waals surface area contributed by atoms with Crippen molar-refractivity contribution in [1.29, 1.82) is 5.26 Å². The average Bonchev–Trinajstić information content (AvgIpc) is 3.57. The van der Waals surface area contributed by atoms with E-state index in [1.807, 2.05) is 11.1 Å². The Balaban J connectivity index is 1.31. The van der Waals surface area contributed by atoms with Gasteiger partial charge in [-0.1, -0.05) is 12.8 Å². The molecule has 4 aliphatic rings. The maximum Gasteiger partial charge on any atom is 0.230 e. The molecule has 0 bridgehead atoms. The Morgan fingerprint density at radius 3 is 2.57 bits per heavy atom. The molecule has 0 amide bonds. The molecule has 0 aromatic carbocycles. The van der Waals surface area contributed by atoms with Crippen LogP contribution in [0.2, 0.25) is 0 Å². The normalized spacial score (nSPS) is 22.5. The van der Waals surface area contributed by atoms with Gasteiger partial charge >= 0.3 is 0 Å². The van der Waals surface area contributed by atoms with Crippen LogP contribution in [0, 0.1) is 11.3 Å². The van der Waals surface area contributed by atoms with E-state index in [1.54, 1.807) is 12.3 Å². The van der Waals surface area contributed by atoms with Crippen molar-refractivity contribution in [3.63, 3.8) is 0 Å². The number of nitriles is 1. The molecule has 9 nitrogen and oxygen atoms in total. The minimum Gasteiger partial charge on any atom is -0.369 e. The minimum absolute atomic E-state index is 0.175. The number of aliphatic hydroxyl groups is 1. The third-order valence-electron chi connectivity index (χ3n) is 7.94. The molecule has 1 saturated heterocycles. The van der Waals surface area contributed by atoms with Gasteiger partial charge in [0, 0.05) is 49.5 Å². The highest BCUT2D eigenvalue weighted by molar-refractivity contribution is 5.75. The molecule has 1 atom stereocenters. The highest BCUT2D eigenvalue weighted by atomic mass is 16.3. The van der Waals surface area contributed by atoms with E-state index in [-0.39, 0.29) is 6.04 Å². The number of pyridine rings is 1. The molecule has 182 valence electrons. The van der Waals surface area contributed by atoms with Crippen molar-refractivity contribution in [2.24, 2.45) is 0 Å². The van der Waals surface area contributed by atoms with Crippen LogP contribution in [0.4, 0.5) is 23.3 Å². The SMILES string of the molecule is CN1CCN(c2cnc(Nc3ncc4c(n3)N(C3CCCC3)C(O)C(C#N)=C4)c3c2CCC3)CC1. The van der Waals surface area contributed by atoms with Crippen molar-refractivity contribution in [2.45, 2.75) is 57.2 Å². The smallest absolute Gasteiger partial charge is 0.230 e. The molecule has 2 N–H and O–H groups in total. The standard InChI is InChI=1S/C26H32N8O/c1-32-9-11-33(12-10-32)22-16-28-23(21-8-4-7-20(21)22)30-26-29-15-18-13-17(14-27)25(35)34(24(18)31-26)19-5-2-3-6-19/h13,15-16,19,25,35H,2-12H2,1H3,(H,28,29,30,31). The van der Waals surface area contributed by atoms with E-state index in [1.165, 1.54) is 16.8 Å². The lowest BCUT2D eigenvalue weighted by molar-refractivity contribution is 0.194. The van der Waals surface area contributed by atoms with Gasteiger partial charge in [-0.05, 0) is 50.8 Å². The van der Waals surface area contributed by atoms with Crippen LogP contribution in [-0.4, -0.2) is 70.5 Å². The maximum atomic E-state index is 10.9. The summed E-state index contributed by atoms with van der Waals surface area (Å²) in [6, 6.07) is 2.32. The first-order valence-corrected chi connectivity index (χ1v) is 12.8. The Morgan fingerprint density at radius 2 is 1.80 bits per heavy atom. The van der Waals surface area contributed by atoms with E-state index in [0.717, 1.165) is 82.5 Å². The molecule has 0 radical (unpaired) electrons. The number of piperazine rings is 1. The lowest BCUT2D eigenvalue weighted by Gasteiger charge is -2.37. The van der Waals surface area contributed by atoms with Crippen LogP contribution in [0.15, 0.2) is 18.0 Å². The third-order valence-corrected chi connectivity index (χ3v) is 7.94. The summed E-state index contributed by atoms with van der Waals surface area (Å²) >= 11 is 0. The van der Waals surface area contributed by atoms with E-state index in [4.69, 9.17) is 9.97 Å². The molecule has 2 aromatic rings. The number of nitrogens with one attached hydrogen (secondary N) is 1. The summed E-state index contributed by atoms with van der Waals surface area (Å²) in [5.74, 6) is 1.99. The van der Waals surface area contributed by atoms with E-state index in [0.29, 0.717) is 17.3 Å². The fraction of sp³-hybridized carbons (Fsp3) is 0.538. The van der Waals surface area contributed by atoms with Crippen LogP contribution >= 0.6 is 0 Å². The number of aliphatic hydroxyl groups excluding tert-OH is 1. The monoisotopic (exact) mass is 472 g/mol. The van der Waals surface area contributed by atoms with Gasteiger partial charge < -0.3 is 25.1 Å². The van der Waals surface area contributed by atoms with Crippen molar-refractivity contribution in [3.05, 3.63) is 34.7 Å². The predicted octanol–water partition coefficient (Wildman–Crippen LogP) is 2.84. The number of nitrogens with zero attached hydrogens (tertiary/aromatic N) is 7. The largest absolute Gasteiger partial charge is 0.369 e. The van der Waals surface area contributed by atoms with Gasteiger partial charge in [0.05, 0.1) is 23.5 Å². The molecule has 9 heteroatoms. The van der Waals surface area contributed by atoms with Gasteiger partial charge in [0.25, 0.3) is 0 Å². The number of rotatable bonds is 4. The Kier molecular flexibility index (Phi) is 5.78. The maximum absolute atomic E-state index is 10.9. The van der Waals surface area contributed by atoms with Crippen LogP contribution in [-0.2, 0) is 12.8 Å². The number of anilines is 4. The molecule has 2 fully saturated rings. The molecule has 2 aromatic heterocycles. The fourth-order valence-corrected chi connectivity index (χ4v) is 6.01. The molecule has 6 rings (SSSR count). The summed E-state index contributed by atoms with van der Waals surface area (Å²) in [6.07, 6.45) is 11.9. The van der Waals surface area contributed by atoms with Crippen LogP contribution < -0.4 is 15.1 Å². The zero-order valence-electron chi connectivity index (χ0n) is 20.2. The second-order valence-electron chi connectivity index (χ2n) is 10.1. The van der Waals surface area contributed by atoms with Gasteiger partial charge in [0.15, 0.2) is 6.23 Å². The van der Waals surface area contributed by atoms with E-state index >= 15 is 0 Å². The fourth-order valence-electron chi connectivity index (χ4n) is 6.01. The van der Waals surface area contributed by atoms with Crippen LogP contribution in [0.5, 0.6) is 0 Å². The second-order valence-corrected chi connectivity index (χ2v) is 10.1. The molecular weight excluding hydrogens is 440 g/mol. The Morgan fingerprint density at radius 1 is 1.03 bits per heavy atom. The van der Waals surface area contributed by atoms with Crippen molar-refractivity contribution in [1.82, 2.24) is 19.9 Å². The quantitative estimate of drug-likeness (QED) is 0.695. The first-order chi connectivity index (χ1) is 17.1. The summed E-state index contributed by atoms with van der Waals surface area (Å²) in [4.78, 5) is 21.0. The molecule has 0 spiro atoms. The van der Waals surface area contributed by atoms with Crippen molar-refractivity contribution < 1.29 is 5.11 Å². The van der Waals surface area contributed by atoms with Crippen LogP contribution in [0.25, 0.3) is 6.08 Å². The molecule has 1 saturated carbocycles. The lowest BCUT2D eigenvalue weighted by Crippen LogP contribution is -2.45. The first-order valence-electron chi connectivity index (χ1n) is 12.8. The summed E-state index contributed by atoms with van der Waals surface area (Å²) in [6.45, 7) is 4.21. The Bertz CT molecular complexity index is 1190. The average molecular weight is 473 g/mol. The van der Waals surface area contributed by atoms with Gasteiger partial charge in [-0.2, -0.15) is 10.2 Å². The van der Waals surface area contributed by atoms with Crippen molar-refractivity contribution >= 4 is 29.3 Å². The Labute approximate surface area is 206 Å². The van der Waals surface area contributed by atoms with E-state index in [9.17, 15) is 10.4 Å². The molecule has 4 heterocycles. The molecule has 2 aliphatic heterocycles. The van der Waals surface area contributed by atoms with Crippen LogP contribution in [0.3, 0.4) is 0 Å². The zero-order valence-corrected chi connectivity index (χ0v) is 20.2. The summed E-state index contributed by atoms with van der Waals surface area (Å²) < 4.78 is 0. The van der Waals surface area contributed by atoms with E-state index in [2.05, 4.69) is 33.2 Å². The minimum atomic E-state index is -0.969. The molecule has 35 heavy (non-hydrogen) atoms. The highest BCUT2D eigenvalue weighted by Crippen LogP contribution is 2.38. The topological polar surface area (TPSA) is 104 Å². The zero-order chi connectivity index (χ0) is 23.9. The summed E-state index contributed by atoms with van der Waals surface area (Å²) in [5, 5.41) is 23.9. The summed E-state index contributed by atoms with van der Waals surface area (Å²) in [7, 11) is 2.18. The number of fused-ring (bicyclic) bond motifs is 2. The summed E-state index contributed by atoms with van der Waals surface area (Å²) in [5.41, 5.74) is 5.05. The second kappa shape index (κ2) is 9.10. The predicted molar refractivity (Wildman–Crippen MR) is 136 cm³/mol. The number of likely N-dealkylation sites (N-methyl/N-ethyl adjacent to an activating group) is 1.